The number of aliphatic hydroxyl groups excluding tert-OH is 1. The summed E-state index contributed by atoms with van der Waals surface area (Å²) in [5, 5.41) is 8.83. The molecule has 0 unspecified atom stereocenters. The highest BCUT2D eigenvalue weighted by Crippen LogP contribution is 2.06. The molecule has 0 spiro atoms. The monoisotopic (exact) mass is 245 g/mol. The molecule has 0 aliphatic carbocycles. The Kier molecular flexibility index (Phi) is 11.4. The van der Waals surface area contributed by atoms with Crippen LogP contribution < -0.4 is 0 Å². The van der Waals surface area contributed by atoms with Crippen LogP contribution in [0.2, 0.25) is 0 Å². The second kappa shape index (κ2) is 11.9. The summed E-state index contributed by atoms with van der Waals surface area (Å²) in [6.45, 7) is 5.20. The lowest BCUT2D eigenvalue weighted by atomic mass is 10.1. The van der Waals surface area contributed by atoms with Gasteiger partial charge in [0.25, 0.3) is 0 Å². The van der Waals surface area contributed by atoms with Crippen molar-refractivity contribution in [3.63, 3.8) is 0 Å². The second-order valence-electron chi connectivity index (χ2n) is 4.25. The van der Waals surface area contributed by atoms with Crippen molar-refractivity contribution in [2.45, 2.75) is 45.4 Å². The van der Waals surface area contributed by atoms with Crippen LogP contribution in [-0.4, -0.2) is 49.3 Å². The molecule has 0 atom stereocenters. The molecule has 0 aromatic carbocycles. The molecule has 0 saturated carbocycles. The van der Waals surface area contributed by atoms with Crippen molar-refractivity contribution in [1.29, 1.82) is 0 Å². The average Bonchev–Trinajstić information content (AvgIpc) is 2.35. The van der Waals surface area contributed by atoms with Crippen LogP contribution in [0, 0.1) is 0 Å². The Labute approximate surface area is 105 Å². The third kappa shape index (κ3) is 10.3. The van der Waals surface area contributed by atoms with Crippen LogP contribution in [0.25, 0.3) is 0 Å². The van der Waals surface area contributed by atoms with Crippen LogP contribution in [0.4, 0.5) is 0 Å². The lowest BCUT2D eigenvalue weighted by Gasteiger charge is -2.18. The van der Waals surface area contributed by atoms with Gasteiger partial charge in [0.1, 0.15) is 0 Å². The molecule has 0 amide bonds. The molecule has 0 aromatic heterocycles. The molecule has 4 nitrogen and oxygen atoms in total. The van der Waals surface area contributed by atoms with Crippen LogP contribution >= 0.6 is 0 Å². The maximum Gasteiger partial charge on any atom is 0.305 e. The van der Waals surface area contributed by atoms with Crippen LogP contribution in [0.5, 0.6) is 0 Å². The maximum absolute atomic E-state index is 10.8. The van der Waals surface area contributed by atoms with Gasteiger partial charge in [-0.15, -0.1) is 0 Å². The van der Waals surface area contributed by atoms with Crippen molar-refractivity contribution in [1.82, 2.24) is 4.90 Å². The first kappa shape index (κ1) is 16.4. The van der Waals surface area contributed by atoms with E-state index in [1.807, 2.05) is 0 Å². The second-order valence-corrected chi connectivity index (χ2v) is 4.25. The van der Waals surface area contributed by atoms with Crippen LogP contribution in [0.3, 0.4) is 0 Å². The number of methoxy groups -OCH3 is 1. The summed E-state index contributed by atoms with van der Waals surface area (Å²) in [6.07, 6.45) is 6.12. The van der Waals surface area contributed by atoms with Crippen molar-refractivity contribution in [2.75, 3.05) is 33.4 Å². The highest BCUT2D eigenvalue weighted by molar-refractivity contribution is 5.68. The Morgan fingerprint density at radius 2 is 1.76 bits per heavy atom. The predicted octanol–water partition coefficient (Wildman–Crippen LogP) is 1.81. The predicted molar refractivity (Wildman–Crippen MR) is 68.9 cm³/mol. The number of unbranched alkanes of at least 4 members (excludes halogenated alkanes) is 4. The number of carbonyl (C=O) groups excluding carboxylic acids is 1. The molecule has 0 aromatic rings. The lowest BCUT2D eigenvalue weighted by Crippen LogP contribution is -2.27. The zero-order chi connectivity index (χ0) is 12.9. The summed E-state index contributed by atoms with van der Waals surface area (Å²) in [5.74, 6) is -0.106. The number of aliphatic hydroxyl groups is 1. The Hall–Kier alpha value is -0.610. The Balaban J connectivity index is 3.25. The van der Waals surface area contributed by atoms with E-state index in [1.165, 1.54) is 26.4 Å². The SMILES string of the molecule is CCN(CCO)CCCCCCCC(=O)OC. The van der Waals surface area contributed by atoms with Gasteiger partial charge in [0, 0.05) is 13.0 Å². The van der Waals surface area contributed by atoms with Gasteiger partial charge in [0.2, 0.25) is 0 Å². The number of likely N-dealkylation sites (N-methyl/N-ethyl adjacent to an activating group) is 1. The van der Waals surface area contributed by atoms with E-state index in [1.54, 1.807) is 0 Å². The molecule has 4 heteroatoms. The van der Waals surface area contributed by atoms with Crippen molar-refractivity contribution < 1.29 is 14.6 Å². The minimum atomic E-state index is -0.106. The number of nitrogens with zero attached hydrogens (tertiary/aromatic N) is 1. The third-order valence-corrected chi connectivity index (χ3v) is 2.95. The molecule has 1 N–H and O–H groups in total. The standard InChI is InChI=1S/C13H27NO3/c1-3-14(11-12-15)10-8-6-4-5-7-9-13(16)17-2/h15H,3-12H2,1-2H3. The molecule has 0 bridgehead atoms. The first-order valence-corrected chi connectivity index (χ1v) is 6.64. The lowest BCUT2D eigenvalue weighted by molar-refractivity contribution is -0.140. The molecule has 0 aliphatic rings. The molecule has 0 rings (SSSR count). The fourth-order valence-electron chi connectivity index (χ4n) is 1.81. The topological polar surface area (TPSA) is 49.8 Å². The number of esters is 1. The van der Waals surface area contributed by atoms with E-state index in [-0.39, 0.29) is 12.6 Å². The number of hydrogen-bond acceptors (Lipinski definition) is 4. The minimum Gasteiger partial charge on any atom is -0.469 e. The van der Waals surface area contributed by atoms with Crippen molar-refractivity contribution >= 4 is 5.97 Å². The van der Waals surface area contributed by atoms with Crippen LogP contribution in [-0.2, 0) is 9.53 Å². The summed E-state index contributed by atoms with van der Waals surface area (Å²) < 4.78 is 4.58. The van der Waals surface area contributed by atoms with Crippen molar-refractivity contribution in [3.8, 4) is 0 Å². The summed E-state index contributed by atoms with van der Waals surface area (Å²) >= 11 is 0. The van der Waals surface area contributed by atoms with Gasteiger partial charge in [-0.3, -0.25) is 4.79 Å². The smallest absolute Gasteiger partial charge is 0.305 e. The largest absolute Gasteiger partial charge is 0.469 e. The Morgan fingerprint density at radius 3 is 2.35 bits per heavy atom. The van der Waals surface area contributed by atoms with Gasteiger partial charge < -0.3 is 14.7 Å². The summed E-state index contributed by atoms with van der Waals surface area (Å²) in [5.41, 5.74) is 0. The fourth-order valence-corrected chi connectivity index (χ4v) is 1.81. The number of hydrogen-bond donors (Lipinski definition) is 1. The zero-order valence-electron chi connectivity index (χ0n) is 11.3. The van der Waals surface area contributed by atoms with Gasteiger partial charge in [0.05, 0.1) is 13.7 Å². The molecule has 0 aliphatic heterocycles. The Bertz CT molecular complexity index is 186. The third-order valence-electron chi connectivity index (χ3n) is 2.95. The molecule has 0 heterocycles. The molecule has 0 fully saturated rings. The molecular formula is C13H27NO3. The normalized spacial score (nSPS) is 10.8. The van der Waals surface area contributed by atoms with Gasteiger partial charge in [-0.1, -0.05) is 26.2 Å². The molecule has 0 saturated heterocycles. The average molecular weight is 245 g/mol. The molecule has 102 valence electrons. The molecule has 0 radical (unpaired) electrons. The van der Waals surface area contributed by atoms with Crippen molar-refractivity contribution in [2.24, 2.45) is 0 Å². The van der Waals surface area contributed by atoms with Crippen LogP contribution in [0.1, 0.15) is 45.4 Å². The summed E-state index contributed by atoms with van der Waals surface area (Å²) in [7, 11) is 1.43. The summed E-state index contributed by atoms with van der Waals surface area (Å²) in [4.78, 5) is 13.1. The van der Waals surface area contributed by atoms with E-state index in [2.05, 4.69) is 16.6 Å². The number of carbonyl (C=O) groups is 1. The molecule has 17 heavy (non-hydrogen) atoms. The van der Waals surface area contributed by atoms with E-state index in [0.717, 1.165) is 32.5 Å². The van der Waals surface area contributed by atoms with Gasteiger partial charge in [-0.25, -0.2) is 0 Å². The van der Waals surface area contributed by atoms with E-state index in [4.69, 9.17) is 5.11 Å². The first-order chi connectivity index (χ1) is 8.24. The van der Waals surface area contributed by atoms with E-state index in [0.29, 0.717) is 6.42 Å². The van der Waals surface area contributed by atoms with Crippen LogP contribution in [0.15, 0.2) is 0 Å². The minimum absolute atomic E-state index is 0.106. The van der Waals surface area contributed by atoms with E-state index < -0.39 is 0 Å². The highest BCUT2D eigenvalue weighted by atomic mass is 16.5. The van der Waals surface area contributed by atoms with Crippen molar-refractivity contribution in [3.05, 3.63) is 0 Å². The number of ether oxygens (including phenoxy) is 1. The van der Waals surface area contributed by atoms with Gasteiger partial charge in [-0.05, 0) is 25.9 Å². The maximum atomic E-state index is 10.8. The van der Waals surface area contributed by atoms with Gasteiger partial charge in [-0.2, -0.15) is 0 Å². The van der Waals surface area contributed by atoms with Gasteiger partial charge >= 0.3 is 5.97 Å². The first-order valence-electron chi connectivity index (χ1n) is 6.64. The van der Waals surface area contributed by atoms with E-state index >= 15 is 0 Å². The Morgan fingerprint density at radius 1 is 1.12 bits per heavy atom. The van der Waals surface area contributed by atoms with Gasteiger partial charge in [0.15, 0.2) is 0 Å². The number of rotatable bonds is 11. The van der Waals surface area contributed by atoms with E-state index in [9.17, 15) is 4.79 Å². The highest BCUT2D eigenvalue weighted by Gasteiger charge is 2.01. The summed E-state index contributed by atoms with van der Waals surface area (Å²) in [6, 6.07) is 0. The fraction of sp³-hybridized carbons (Fsp3) is 0.923. The zero-order valence-corrected chi connectivity index (χ0v) is 11.3. The molecular weight excluding hydrogens is 218 g/mol. The quantitative estimate of drug-likeness (QED) is 0.445.